The number of aromatic nitrogens is 3. The number of carbonyl (C=O) groups is 1. The lowest BCUT2D eigenvalue weighted by molar-refractivity contribution is -0.116. The largest absolute Gasteiger partial charge is 0.300 e. The van der Waals surface area contributed by atoms with E-state index in [1.807, 2.05) is 19.2 Å². The van der Waals surface area contributed by atoms with Gasteiger partial charge in [-0.25, -0.2) is 9.97 Å². The van der Waals surface area contributed by atoms with Crippen LogP contribution in [0.5, 0.6) is 0 Å². The Morgan fingerprint density at radius 2 is 2.00 bits per heavy atom. The number of hydrogen-bond acceptors (Lipinski definition) is 7. The average Bonchev–Trinajstić information content (AvgIpc) is 3.21. The molecule has 1 N–H and O–H groups in total. The summed E-state index contributed by atoms with van der Waals surface area (Å²) in [6.45, 7) is 11.4. The summed E-state index contributed by atoms with van der Waals surface area (Å²) in [7, 11) is 0. The molecule has 160 valence electrons. The van der Waals surface area contributed by atoms with Gasteiger partial charge in [-0.2, -0.15) is 0 Å². The van der Waals surface area contributed by atoms with E-state index in [9.17, 15) is 9.59 Å². The van der Waals surface area contributed by atoms with Gasteiger partial charge < -0.3 is 5.32 Å². The number of likely N-dealkylation sites (tertiary alicyclic amines) is 1. The lowest BCUT2D eigenvalue weighted by atomic mass is 9.92. The highest BCUT2D eigenvalue weighted by molar-refractivity contribution is 7.18. The van der Waals surface area contributed by atoms with Gasteiger partial charge in [-0.3, -0.25) is 19.1 Å². The number of nitrogens with one attached hydrogen (secondary N) is 1. The van der Waals surface area contributed by atoms with Gasteiger partial charge in [0.2, 0.25) is 5.91 Å². The van der Waals surface area contributed by atoms with Gasteiger partial charge in [0.1, 0.15) is 11.4 Å². The molecule has 0 aliphatic carbocycles. The SMILES string of the molecule is Cc1sc2ncn(CC(=O)Nc3nc(CN4CC(C)CC(C)C4)cs3)c(=O)c2c1C. The van der Waals surface area contributed by atoms with Crippen LogP contribution in [0.2, 0.25) is 0 Å². The van der Waals surface area contributed by atoms with Crippen molar-refractivity contribution in [2.75, 3.05) is 18.4 Å². The van der Waals surface area contributed by atoms with Crippen LogP contribution in [0.3, 0.4) is 0 Å². The Kier molecular flexibility index (Phi) is 6.04. The van der Waals surface area contributed by atoms with E-state index < -0.39 is 0 Å². The van der Waals surface area contributed by atoms with Gasteiger partial charge in [0.15, 0.2) is 5.13 Å². The summed E-state index contributed by atoms with van der Waals surface area (Å²) in [5, 5.41) is 6.00. The van der Waals surface area contributed by atoms with Crippen LogP contribution in [0.25, 0.3) is 10.2 Å². The summed E-state index contributed by atoms with van der Waals surface area (Å²) in [6.07, 6.45) is 2.73. The quantitative estimate of drug-likeness (QED) is 0.648. The number of rotatable bonds is 5. The van der Waals surface area contributed by atoms with Crippen LogP contribution in [0.4, 0.5) is 5.13 Å². The van der Waals surface area contributed by atoms with Crippen molar-refractivity contribution in [2.45, 2.75) is 47.2 Å². The maximum atomic E-state index is 12.8. The molecule has 0 saturated carbocycles. The number of amides is 1. The molecule has 0 radical (unpaired) electrons. The van der Waals surface area contributed by atoms with E-state index in [1.54, 1.807) is 0 Å². The second kappa shape index (κ2) is 8.56. The Bertz CT molecular complexity index is 1120. The third-order valence-electron chi connectivity index (χ3n) is 5.60. The molecule has 1 amide bonds. The molecule has 2 atom stereocenters. The first-order chi connectivity index (χ1) is 14.3. The second-order valence-electron chi connectivity index (χ2n) is 8.47. The van der Waals surface area contributed by atoms with Gasteiger partial charge in [0, 0.05) is 29.9 Å². The second-order valence-corrected chi connectivity index (χ2v) is 10.5. The van der Waals surface area contributed by atoms with Crippen LogP contribution in [-0.2, 0) is 17.9 Å². The van der Waals surface area contributed by atoms with Crippen molar-refractivity contribution < 1.29 is 4.79 Å². The number of nitrogens with zero attached hydrogens (tertiary/aromatic N) is 4. The van der Waals surface area contributed by atoms with Crippen molar-refractivity contribution in [1.29, 1.82) is 0 Å². The highest BCUT2D eigenvalue weighted by Gasteiger charge is 2.22. The van der Waals surface area contributed by atoms with E-state index in [0.717, 1.165) is 40.6 Å². The molecule has 0 bridgehead atoms. The van der Waals surface area contributed by atoms with Crippen LogP contribution in [-0.4, -0.2) is 38.4 Å². The van der Waals surface area contributed by atoms with E-state index in [-0.39, 0.29) is 18.0 Å². The highest BCUT2D eigenvalue weighted by atomic mass is 32.1. The van der Waals surface area contributed by atoms with Gasteiger partial charge >= 0.3 is 0 Å². The Balaban J connectivity index is 1.40. The topological polar surface area (TPSA) is 80.1 Å². The summed E-state index contributed by atoms with van der Waals surface area (Å²) < 4.78 is 1.36. The monoisotopic (exact) mass is 445 g/mol. The lowest BCUT2D eigenvalue weighted by Gasteiger charge is -2.34. The Labute approximate surface area is 183 Å². The van der Waals surface area contributed by atoms with E-state index in [2.05, 4.69) is 34.0 Å². The van der Waals surface area contributed by atoms with E-state index in [0.29, 0.717) is 22.4 Å². The molecular weight excluding hydrogens is 418 g/mol. The number of hydrogen-bond donors (Lipinski definition) is 1. The van der Waals surface area contributed by atoms with Crippen molar-refractivity contribution in [3.8, 4) is 0 Å². The molecule has 1 aliphatic rings. The minimum Gasteiger partial charge on any atom is -0.300 e. The smallest absolute Gasteiger partial charge is 0.262 e. The van der Waals surface area contributed by atoms with Crippen LogP contribution >= 0.6 is 22.7 Å². The predicted octanol–water partition coefficient (Wildman–Crippen LogP) is 3.65. The molecule has 3 aromatic rings. The molecule has 4 heterocycles. The standard InChI is InChI=1S/C21H27N5O2S2/c1-12-5-13(2)7-25(6-12)8-16-10-29-21(23-16)24-17(27)9-26-11-22-19-18(20(26)28)14(3)15(4)30-19/h10-13H,5-9H2,1-4H3,(H,23,24,27). The zero-order chi connectivity index (χ0) is 21.4. The molecule has 1 saturated heterocycles. The number of piperidine rings is 1. The number of thiazole rings is 1. The molecule has 2 unspecified atom stereocenters. The van der Waals surface area contributed by atoms with Gasteiger partial charge in [-0.05, 0) is 37.7 Å². The van der Waals surface area contributed by atoms with E-state index in [4.69, 9.17) is 0 Å². The zero-order valence-electron chi connectivity index (χ0n) is 17.8. The van der Waals surface area contributed by atoms with Crippen LogP contribution in [0.15, 0.2) is 16.5 Å². The summed E-state index contributed by atoms with van der Waals surface area (Å²) in [5.41, 5.74) is 1.74. The fourth-order valence-electron chi connectivity index (χ4n) is 4.28. The summed E-state index contributed by atoms with van der Waals surface area (Å²) in [6, 6.07) is 0. The normalized spacial score (nSPS) is 20.0. The molecule has 9 heteroatoms. The Morgan fingerprint density at radius 1 is 1.27 bits per heavy atom. The average molecular weight is 446 g/mol. The molecule has 30 heavy (non-hydrogen) atoms. The van der Waals surface area contributed by atoms with Gasteiger partial charge in [0.25, 0.3) is 5.56 Å². The molecule has 1 aliphatic heterocycles. The summed E-state index contributed by atoms with van der Waals surface area (Å²) in [4.78, 5) is 38.4. The first-order valence-corrected chi connectivity index (χ1v) is 11.9. The maximum Gasteiger partial charge on any atom is 0.262 e. The number of anilines is 1. The van der Waals surface area contributed by atoms with E-state index in [1.165, 1.54) is 40.0 Å². The predicted molar refractivity (Wildman–Crippen MR) is 122 cm³/mol. The maximum absolute atomic E-state index is 12.8. The zero-order valence-corrected chi connectivity index (χ0v) is 19.4. The minimum absolute atomic E-state index is 0.0772. The van der Waals surface area contributed by atoms with Gasteiger partial charge in [-0.15, -0.1) is 22.7 Å². The molecule has 3 aromatic heterocycles. The Hall–Kier alpha value is -2.10. The lowest BCUT2D eigenvalue weighted by Crippen LogP contribution is -2.38. The molecular formula is C21H27N5O2S2. The Morgan fingerprint density at radius 3 is 2.73 bits per heavy atom. The van der Waals surface area contributed by atoms with Crippen molar-refractivity contribution in [2.24, 2.45) is 11.8 Å². The minimum atomic E-state index is -0.274. The third kappa shape index (κ3) is 4.48. The van der Waals surface area contributed by atoms with Crippen LogP contribution < -0.4 is 10.9 Å². The van der Waals surface area contributed by atoms with Crippen molar-refractivity contribution in [3.63, 3.8) is 0 Å². The highest BCUT2D eigenvalue weighted by Crippen LogP contribution is 2.26. The molecule has 7 nitrogen and oxygen atoms in total. The fourth-order valence-corrected chi connectivity index (χ4v) is 5.99. The van der Waals surface area contributed by atoms with Crippen molar-refractivity contribution >= 4 is 43.9 Å². The van der Waals surface area contributed by atoms with Crippen LogP contribution in [0.1, 0.15) is 36.4 Å². The van der Waals surface area contributed by atoms with E-state index >= 15 is 0 Å². The number of thiophene rings is 1. The fraction of sp³-hybridized carbons (Fsp3) is 0.524. The van der Waals surface area contributed by atoms with Gasteiger partial charge in [-0.1, -0.05) is 13.8 Å². The first-order valence-electron chi connectivity index (χ1n) is 10.2. The van der Waals surface area contributed by atoms with Crippen molar-refractivity contribution in [1.82, 2.24) is 19.4 Å². The molecule has 1 fully saturated rings. The number of fused-ring (bicyclic) bond motifs is 1. The summed E-state index contributed by atoms with van der Waals surface area (Å²) in [5.74, 6) is 1.13. The number of carbonyl (C=O) groups excluding carboxylic acids is 1. The van der Waals surface area contributed by atoms with Crippen LogP contribution in [0, 0.1) is 25.7 Å². The summed E-state index contributed by atoms with van der Waals surface area (Å²) >= 11 is 2.92. The first kappa shape index (κ1) is 21.1. The molecule has 0 spiro atoms. The number of aryl methyl sites for hydroxylation is 2. The molecule has 4 rings (SSSR count). The molecule has 0 aromatic carbocycles. The van der Waals surface area contributed by atoms with Gasteiger partial charge in [0.05, 0.1) is 17.4 Å². The third-order valence-corrected chi connectivity index (χ3v) is 7.52. The van der Waals surface area contributed by atoms with Crippen molar-refractivity contribution in [3.05, 3.63) is 38.2 Å².